The summed E-state index contributed by atoms with van der Waals surface area (Å²) in [7, 11) is 0. The number of nitrogens with zero attached hydrogens (tertiary/aromatic N) is 6. The minimum atomic E-state index is 0.299. The van der Waals surface area contributed by atoms with Gasteiger partial charge in [0, 0.05) is 71.3 Å². The molecule has 13 heteroatoms. The van der Waals surface area contributed by atoms with E-state index in [9.17, 15) is 9.59 Å². The number of anilines is 1. The first kappa shape index (κ1) is 34.5. The summed E-state index contributed by atoms with van der Waals surface area (Å²) in [6, 6.07) is 19.5. The van der Waals surface area contributed by atoms with Crippen LogP contribution in [-0.2, 0) is 9.59 Å². The molecule has 0 bridgehead atoms. The van der Waals surface area contributed by atoms with Gasteiger partial charge >= 0.3 is 0 Å². The standard InChI is InChI=1S/C18H17ClN4O.C12H7Cl2N3.C6H11NO/c19-13-3-1-2-12(10-13)16-11-20-23-9-8-17(22-18(16)23)21-14-4-6-15(24)7-5-14;13-9-3-1-2-8(6-9)10-7-15-17-5-4-11(14)16-12(10)17;7-5-1-3-6(8)4-2-5/h1-3,8-11,14H,4-7H2,(H,21,22);1-7H;5H,1-4,7H2. The van der Waals surface area contributed by atoms with E-state index in [1.165, 1.54) is 0 Å². The topological polar surface area (TPSA) is 133 Å². The number of Topliss-reactive ketones (excluding diaryl/α,β-unsaturated/α-hetero) is 2. The van der Waals surface area contributed by atoms with Crippen LogP contribution in [0.15, 0.2) is 85.5 Å². The second-order valence-electron chi connectivity index (χ2n) is 12.1. The van der Waals surface area contributed by atoms with Crippen LogP contribution in [0.2, 0.25) is 15.2 Å². The van der Waals surface area contributed by atoms with Gasteiger partial charge in [-0.25, -0.2) is 19.0 Å². The van der Waals surface area contributed by atoms with Gasteiger partial charge in [0.15, 0.2) is 11.3 Å². The molecule has 49 heavy (non-hydrogen) atoms. The molecule has 0 saturated heterocycles. The minimum Gasteiger partial charge on any atom is -0.367 e. The fraction of sp³-hybridized carbons (Fsp3) is 0.278. The molecule has 252 valence electrons. The van der Waals surface area contributed by atoms with Gasteiger partial charge in [-0.2, -0.15) is 10.2 Å². The average Bonchev–Trinajstić information content (AvgIpc) is 3.72. The lowest BCUT2D eigenvalue weighted by atomic mass is 9.94. The third kappa shape index (κ3) is 9.01. The van der Waals surface area contributed by atoms with Crippen LogP contribution in [0.4, 0.5) is 5.82 Å². The van der Waals surface area contributed by atoms with Crippen molar-refractivity contribution in [3.05, 3.63) is 101 Å². The Labute approximate surface area is 298 Å². The lowest BCUT2D eigenvalue weighted by Crippen LogP contribution is -2.26. The van der Waals surface area contributed by atoms with Crippen molar-refractivity contribution >= 4 is 63.5 Å². The predicted molar refractivity (Wildman–Crippen MR) is 194 cm³/mol. The van der Waals surface area contributed by atoms with Crippen LogP contribution < -0.4 is 11.1 Å². The lowest BCUT2D eigenvalue weighted by molar-refractivity contribution is -0.121. The molecule has 0 amide bonds. The molecule has 0 spiro atoms. The summed E-state index contributed by atoms with van der Waals surface area (Å²) in [6.45, 7) is 0. The monoisotopic (exact) mass is 716 g/mol. The Morgan fingerprint density at radius 1 is 0.673 bits per heavy atom. The largest absolute Gasteiger partial charge is 0.367 e. The van der Waals surface area contributed by atoms with Crippen LogP contribution in [0.5, 0.6) is 0 Å². The zero-order valence-electron chi connectivity index (χ0n) is 26.6. The van der Waals surface area contributed by atoms with E-state index in [1.807, 2.05) is 60.8 Å². The fourth-order valence-corrected chi connectivity index (χ4v) is 6.29. The number of aromatic nitrogens is 6. The van der Waals surface area contributed by atoms with Crippen LogP contribution >= 0.6 is 34.8 Å². The number of nitrogens with two attached hydrogens (primary N) is 1. The highest BCUT2D eigenvalue weighted by Gasteiger charge is 2.19. The van der Waals surface area contributed by atoms with Crippen molar-refractivity contribution in [2.24, 2.45) is 5.73 Å². The molecule has 2 aliphatic rings. The van der Waals surface area contributed by atoms with Crippen LogP contribution in [0.1, 0.15) is 51.4 Å². The molecule has 10 nitrogen and oxygen atoms in total. The van der Waals surface area contributed by atoms with Gasteiger partial charge in [-0.3, -0.25) is 9.59 Å². The third-order valence-electron chi connectivity index (χ3n) is 8.46. The number of carbonyl (C=O) groups is 2. The van der Waals surface area contributed by atoms with Gasteiger partial charge in [0.05, 0.1) is 12.4 Å². The maximum Gasteiger partial charge on any atom is 0.165 e. The van der Waals surface area contributed by atoms with E-state index in [0.717, 1.165) is 65.0 Å². The Morgan fingerprint density at radius 3 is 1.71 bits per heavy atom. The van der Waals surface area contributed by atoms with E-state index in [-0.39, 0.29) is 0 Å². The first-order valence-electron chi connectivity index (χ1n) is 16.1. The van der Waals surface area contributed by atoms with Crippen molar-refractivity contribution in [1.82, 2.24) is 29.2 Å². The van der Waals surface area contributed by atoms with Gasteiger partial charge in [-0.05, 0) is 73.2 Å². The number of nitrogens with one attached hydrogen (secondary N) is 1. The number of benzene rings is 2. The average molecular weight is 718 g/mol. The van der Waals surface area contributed by atoms with Crippen molar-refractivity contribution in [1.29, 1.82) is 0 Å². The van der Waals surface area contributed by atoms with E-state index in [1.54, 1.807) is 33.7 Å². The molecule has 0 aliphatic heterocycles. The molecule has 0 unspecified atom stereocenters. The molecule has 2 aromatic carbocycles. The Balaban J connectivity index is 0.000000144. The van der Waals surface area contributed by atoms with Crippen LogP contribution in [0, 0.1) is 0 Å². The Hall–Kier alpha value is -4.35. The zero-order valence-corrected chi connectivity index (χ0v) is 28.9. The molecule has 0 radical (unpaired) electrons. The molecule has 3 N–H and O–H groups in total. The lowest BCUT2D eigenvalue weighted by Gasteiger charge is -2.22. The maximum absolute atomic E-state index is 11.4. The number of fused-ring (bicyclic) bond motifs is 2. The summed E-state index contributed by atoms with van der Waals surface area (Å²) >= 11 is 18.0. The highest BCUT2D eigenvalue weighted by Crippen LogP contribution is 2.28. The number of halogens is 3. The smallest absolute Gasteiger partial charge is 0.165 e. The second-order valence-corrected chi connectivity index (χ2v) is 13.3. The highest BCUT2D eigenvalue weighted by atomic mass is 35.5. The fourth-order valence-electron chi connectivity index (χ4n) is 5.77. The molecule has 8 rings (SSSR count). The summed E-state index contributed by atoms with van der Waals surface area (Å²) in [6.07, 6.45) is 13.5. The van der Waals surface area contributed by atoms with Crippen molar-refractivity contribution < 1.29 is 9.59 Å². The Kier molecular flexibility index (Phi) is 11.2. The molecule has 0 atom stereocenters. The Morgan fingerprint density at radius 2 is 1.18 bits per heavy atom. The van der Waals surface area contributed by atoms with Gasteiger partial charge < -0.3 is 11.1 Å². The summed E-state index contributed by atoms with van der Waals surface area (Å²) in [5.74, 6) is 1.55. The van der Waals surface area contributed by atoms with Crippen LogP contribution in [-0.4, -0.2) is 52.8 Å². The number of ketones is 2. The SMILES string of the molecule is Clc1cccc(-c2cnn3ccc(Cl)nc23)c1.NC1CCC(=O)CC1.O=C1CCC(Nc2ccn3ncc(-c4cccc(Cl)c4)c3n2)CC1. The third-order valence-corrected chi connectivity index (χ3v) is 9.14. The van der Waals surface area contributed by atoms with Crippen LogP contribution in [0.25, 0.3) is 33.5 Å². The number of hydrogen-bond donors (Lipinski definition) is 2. The van der Waals surface area contributed by atoms with Crippen molar-refractivity contribution in [3.63, 3.8) is 0 Å². The normalized spacial score (nSPS) is 15.4. The van der Waals surface area contributed by atoms with Crippen LogP contribution in [0.3, 0.4) is 0 Å². The predicted octanol–water partition coefficient (Wildman–Crippen LogP) is 8.13. The molecular weight excluding hydrogens is 683 g/mol. The van der Waals surface area contributed by atoms with E-state index >= 15 is 0 Å². The number of carbonyl (C=O) groups excluding carboxylic acids is 2. The van der Waals surface area contributed by atoms with E-state index < -0.39 is 0 Å². The van der Waals surface area contributed by atoms with Crippen molar-refractivity contribution in [3.8, 4) is 22.3 Å². The van der Waals surface area contributed by atoms with E-state index in [2.05, 4.69) is 20.5 Å². The van der Waals surface area contributed by atoms with Gasteiger partial charge in [-0.1, -0.05) is 59.1 Å². The second kappa shape index (κ2) is 15.9. The zero-order chi connectivity index (χ0) is 34.3. The van der Waals surface area contributed by atoms with Gasteiger partial charge in [0.1, 0.15) is 22.5 Å². The number of rotatable bonds is 4. The molecule has 4 heterocycles. The molecule has 2 saturated carbocycles. The van der Waals surface area contributed by atoms with Gasteiger partial charge in [0.25, 0.3) is 0 Å². The van der Waals surface area contributed by atoms with Crippen molar-refractivity contribution in [2.45, 2.75) is 63.5 Å². The molecule has 4 aromatic heterocycles. The minimum absolute atomic E-state index is 0.299. The van der Waals surface area contributed by atoms with E-state index in [0.29, 0.717) is 64.5 Å². The van der Waals surface area contributed by atoms with Gasteiger partial charge in [0.2, 0.25) is 0 Å². The number of hydrogen-bond acceptors (Lipinski definition) is 8. The summed E-state index contributed by atoms with van der Waals surface area (Å²) < 4.78 is 3.44. The molecule has 6 aromatic rings. The Bertz CT molecular complexity index is 2080. The maximum atomic E-state index is 11.4. The summed E-state index contributed by atoms with van der Waals surface area (Å²) in [4.78, 5) is 30.9. The summed E-state index contributed by atoms with van der Waals surface area (Å²) in [5, 5.41) is 13.8. The van der Waals surface area contributed by atoms with Crippen molar-refractivity contribution in [2.75, 3.05) is 5.32 Å². The van der Waals surface area contributed by atoms with Gasteiger partial charge in [-0.15, -0.1) is 0 Å². The quantitative estimate of drug-likeness (QED) is 0.175. The highest BCUT2D eigenvalue weighted by molar-refractivity contribution is 6.31. The first-order chi connectivity index (χ1) is 23.7. The molecule has 2 aliphatic carbocycles. The first-order valence-corrected chi connectivity index (χ1v) is 17.3. The molecular formula is C36H35Cl3N8O2. The summed E-state index contributed by atoms with van der Waals surface area (Å²) in [5.41, 5.74) is 10.9. The molecule has 2 fully saturated rings. The van der Waals surface area contributed by atoms with E-state index in [4.69, 9.17) is 45.5 Å².